The lowest BCUT2D eigenvalue weighted by Gasteiger charge is -2.11. The van der Waals surface area contributed by atoms with Crippen molar-refractivity contribution in [3.05, 3.63) is 44.5 Å². The van der Waals surface area contributed by atoms with E-state index in [0.717, 1.165) is 11.3 Å². The van der Waals surface area contributed by atoms with Crippen molar-refractivity contribution in [1.82, 2.24) is 10.3 Å². The van der Waals surface area contributed by atoms with E-state index in [-0.39, 0.29) is 11.8 Å². The summed E-state index contributed by atoms with van der Waals surface area (Å²) in [6.45, 7) is 4.52. The van der Waals surface area contributed by atoms with Gasteiger partial charge < -0.3 is 14.8 Å². The van der Waals surface area contributed by atoms with Crippen LogP contribution in [0.15, 0.2) is 31.7 Å². The summed E-state index contributed by atoms with van der Waals surface area (Å²) in [5, 5.41) is 13.0. The van der Waals surface area contributed by atoms with Gasteiger partial charge in [0.15, 0.2) is 0 Å². The fourth-order valence-electron chi connectivity index (χ4n) is 1.65. The van der Waals surface area contributed by atoms with Gasteiger partial charge in [0.1, 0.15) is 11.5 Å². The van der Waals surface area contributed by atoms with Crippen molar-refractivity contribution in [3.63, 3.8) is 0 Å². The highest BCUT2D eigenvalue weighted by Gasteiger charge is 2.12. The Morgan fingerprint density at radius 1 is 1.37 bits per heavy atom. The van der Waals surface area contributed by atoms with Crippen molar-refractivity contribution < 1.29 is 9.52 Å². The number of nitrogens with zero attached hydrogens (tertiary/aromatic N) is 1. The fraction of sp³-hybridized carbons (Fsp3) is 0.308. The molecule has 4 nitrogen and oxygen atoms in total. The van der Waals surface area contributed by atoms with Crippen LogP contribution in [-0.4, -0.2) is 10.1 Å². The van der Waals surface area contributed by atoms with Crippen LogP contribution in [0.25, 0.3) is 0 Å². The van der Waals surface area contributed by atoms with E-state index < -0.39 is 0 Å². The Labute approximate surface area is 128 Å². The van der Waals surface area contributed by atoms with E-state index in [1.54, 1.807) is 6.20 Å². The predicted molar refractivity (Wildman–Crippen MR) is 80.0 cm³/mol. The number of rotatable bonds is 4. The average Bonchev–Trinajstić information content (AvgIpc) is 2.79. The number of aromatic hydroxyl groups is 1. The third-order valence-electron chi connectivity index (χ3n) is 2.70. The molecule has 1 heterocycles. The minimum Gasteiger partial charge on any atom is -0.506 e. The molecule has 2 aromatic rings. The zero-order valence-electron chi connectivity index (χ0n) is 10.6. The van der Waals surface area contributed by atoms with Crippen LogP contribution < -0.4 is 5.32 Å². The van der Waals surface area contributed by atoms with Crippen molar-refractivity contribution >= 4 is 31.9 Å². The molecule has 0 bridgehead atoms. The largest absolute Gasteiger partial charge is 0.506 e. The van der Waals surface area contributed by atoms with Crippen molar-refractivity contribution in [3.8, 4) is 5.75 Å². The van der Waals surface area contributed by atoms with Crippen LogP contribution in [0.2, 0.25) is 0 Å². The van der Waals surface area contributed by atoms with Crippen molar-refractivity contribution in [2.75, 3.05) is 0 Å². The van der Waals surface area contributed by atoms with Gasteiger partial charge >= 0.3 is 0 Å². The number of hydrogen-bond acceptors (Lipinski definition) is 4. The monoisotopic (exact) mass is 388 g/mol. The molecule has 0 radical (unpaired) electrons. The number of oxazole rings is 1. The molecule has 0 aliphatic carbocycles. The molecular weight excluding hydrogens is 376 g/mol. The number of hydrogen-bond donors (Lipinski definition) is 2. The van der Waals surface area contributed by atoms with Crippen LogP contribution in [0.4, 0.5) is 0 Å². The number of halogens is 2. The van der Waals surface area contributed by atoms with Gasteiger partial charge in [-0.15, -0.1) is 0 Å². The van der Waals surface area contributed by atoms with Gasteiger partial charge in [-0.1, -0.05) is 0 Å². The Kier molecular flexibility index (Phi) is 4.65. The minimum atomic E-state index is 0.0278. The number of nitrogens with one attached hydrogen (secondary N) is 1. The number of phenols is 1. The molecule has 0 fully saturated rings. The van der Waals surface area contributed by atoms with Gasteiger partial charge in [-0.3, -0.25) is 0 Å². The smallest absolute Gasteiger partial charge is 0.211 e. The first-order valence-corrected chi connectivity index (χ1v) is 7.38. The third kappa shape index (κ3) is 3.58. The van der Waals surface area contributed by atoms with E-state index in [4.69, 9.17) is 4.42 Å². The second-order valence-corrected chi connectivity index (χ2v) is 6.03. The van der Waals surface area contributed by atoms with E-state index in [1.807, 2.05) is 26.0 Å². The molecule has 2 N–H and O–H groups in total. The van der Waals surface area contributed by atoms with E-state index >= 15 is 0 Å². The molecule has 0 aliphatic heterocycles. The molecule has 102 valence electrons. The zero-order chi connectivity index (χ0) is 14.0. The third-order valence-corrected chi connectivity index (χ3v) is 3.91. The maximum Gasteiger partial charge on any atom is 0.211 e. The SMILES string of the molecule is Cc1cnc(C(C)NCc2cc(Br)c(O)c(Br)c2)o1. The second-order valence-electron chi connectivity index (χ2n) is 4.32. The van der Waals surface area contributed by atoms with Crippen LogP contribution >= 0.6 is 31.9 Å². The molecular formula is C13H14Br2N2O2. The van der Waals surface area contributed by atoms with Gasteiger partial charge in [-0.25, -0.2) is 4.98 Å². The zero-order valence-corrected chi connectivity index (χ0v) is 13.7. The molecule has 0 saturated carbocycles. The normalized spacial score (nSPS) is 12.6. The first-order chi connectivity index (χ1) is 8.97. The lowest BCUT2D eigenvalue weighted by molar-refractivity contribution is 0.402. The van der Waals surface area contributed by atoms with Crippen LogP contribution in [0.1, 0.15) is 30.2 Å². The van der Waals surface area contributed by atoms with Gasteiger partial charge in [-0.05, 0) is 63.4 Å². The number of phenolic OH excluding ortho intramolecular Hbond substituents is 1. The maximum atomic E-state index is 9.65. The summed E-state index contributed by atoms with van der Waals surface area (Å²) in [6, 6.07) is 3.78. The molecule has 0 aliphatic rings. The molecule has 1 unspecified atom stereocenters. The Hall–Kier alpha value is -0.850. The molecule has 0 amide bonds. The highest BCUT2D eigenvalue weighted by Crippen LogP contribution is 2.33. The van der Waals surface area contributed by atoms with Crippen molar-refractivity contribution in [1.29, 1.82) is 0 Å². The van der Waals surface area contributed by atoms with Gasteiger partial charge in [0.2, 0.25) is 5.89 Å². The van der Waals surface area contributed by atoms with Crippen LogP contribution in [0.3, 0.4) is 0 Å². The van der Waals surface area contributed by atoms with Crippen LogP contribution in [0, 0.1) is 6.92 Å². The summed E-state index contributed by atoms with van der Waals surface area (Å²) in [7, 11) is 0. The maximum absolute atomic E-state index is 9.65. The summed E-state index contributed by atoms with van der Waals surface area (Å²) in [4.78, 5) is 4.19. The van der Waals surface area contributed by atoms with Gasteiger partial charge in [0, 0.05) is 6.54 Å². The lowest BCUT2D eigenvalue weighted by atomic mass is 10.2. The lowest BCUT2D eigenvalue weighted by Crippen LogP contribution is -2.18. The molecule has 19 heavy (non-hydrogen) atoms. The van der Waals surface area contributed by atoms with Gasteiger partial charge in [0.05, 0.1) is 21.2 Å². The summed E-state index contributed by atoms with van der Waals surface area (Å²) in [5.74, 6) is 1.69. The number of benzene rings is 1. The minimum absolute atomic E-state index is 0.0278. The van der Waals surface area contributed by atoms with Gasteiger partial charge in [-0.2, -0.15) is 0 Å². The molecule has 1 aromatic carbocycles. The Bertz CT molecular complexity index is 561. The Balaban J connectivity index is 2.03. The van der Waals surface area contributed by atoms with Crippen molar-refractivity contribution in [2.45, 2.75) is 26.4 Å². The quantitative estimate of drug-likeness (QED) is 0.827. The fourth-order valence-corrected chi connectivity index (χ4v) is 2.93. The molecule has 0 spiro atoms. The Morgan fingerprint density at radius 3 is 2.53 bits per heavy atom. The summed E-state index contributed by atoms with van der Waals surface area (Å²) in [6.07, 6.45) is 1.71. The second kappa shape index (κ2) is 6.07. The average molecular weight is 390 g/mol. The molecule has 6 heteroatoms. The van der Waals surface area contributed by atoms with Crippen LogP contribution in [-0.2, 0) is 6.54 Å². The summed E-state index contributed by atoms with van der Waals surface area (Å²) in [5.41, 5.74) is 1.05. The highest BCUT2D eigenvalue weighted by molar-refractivity contribution is 9.11. The van der Waals surface area contributed by atoms with Gasteiger partial charge in [0.25, 0.3) is 0 Å². The summed E-state index contributed by atoms with van der Waals surface area (Å²) >= 11 is 6.63. The standard InChI is InChI=1S/C13H14Br2N2O2/c1-7-5-17-13(19-7)8(2)16-6-9-3-10(14)12(18)11(15)4-9/h3-5,8,16,18H,6H2,1-2H3. The number of aryl methyl sites for hydroxylation is 1. The first kappa shape index (κ1) is 14.6. The molecule has 1 aromatic heterocycles. The highest BCUT2D eigenvalue weighted by atomic mass is 79.9. The van der Waals surface area contributed by atoms with E-state index in [1.165, 1.54) is 0 Å². The first-order valence-electron chi connectivity index (χ1n) is 5.80. The van der Waals surface area contributed by atoms with Crippen LogP contribution in [0.5, 0.6) is 5.75 Å². The van der Waals surface area contributed by atoms with E-state index in [9.17, 15) is 5.11 Å². The molecule has 0 saturated heterocycles. The van der Waals surface area contributed by atoms with E-state index in [0.29, 0.717) is 21.4 Å². The van der Waals surface area contributed by atoms with E-state index in [2.05, 4.69) is 42.2 Å². The number of aromatic nitrogens is 1. The molecule has 2 rings (SSSR count). The Morgan fingerprint density at radius 2 is 2.00 bits per heavy atom. The topological polar surface area (TPSA) is 58.3 Å². The molecule has 1 atom stereocenters. The summed E-state index contributed by atoms with van der Waals surface area (Å²) < 4.78 is 6.80. The predicted octanol–water partition coefficient (Wildman–Crippen LogP) is 4.06. The van der Waals surface area contributed by atoms with Crippen molar-refractivity contribution in [2.24, 2.45) is 0 Å².